The van der Waals surface area contributed by atoms with Crippen molar-refractivity contribution in [3.05, 3.63) is 30.3 Å². The Kier molecular flexibility index (Phi) is 5.65. The van der Waals surface area contributed by atoms with Gasteiger partial charge >= 0.3 is 0 Å². The monoisotopic (exact) mass is 332 g/mol. The summed E-state index contributed by atoms with van der Waals surface area (Å²) >= 11 is 1.71. The van der Waals surface area contributed by atoms with Crippen molar-refractivity contribution < 1.29 is 4.79 Å². The number of carbonyl (C=O) groups is 1. The number of rotatable bonds is 5. The first-order chi connectivity index (χ1) is 11.2. The maximum Gasteiger partial charge on any atom is 0.236 e. The van der Waals surface area contributed by atoms with Crippen LogP contribution in [0.2, 0.25) is 0 Å². The fourth-order valence-corrected chi connectivity index (χ4v) is 4.88. The second kappa shape index (κ2) is 7.71. The van der Waals surface area contributed by atoms with Gasteiger partial charge in [-0.05, 0) is 57.8 Å². The predicted octanol–water partition coefficient (Wildman–Crippen LogP) is 3.64. The molecule has 0 N–H and O–H groups in total. The van der Waals surface area contributed by atoms with E-state index in [-0.39, 0.29) is 5.25 Å². The topological polar surface area (TPSA) is 23.6 Å². The molecule has 2 aliphatic rings. The van der Waals surface area contributed by atoms with Crippen LogP contribution in [0, 0.1) is 0 Å². The van der Waals surface area contributed by atoms with Crippen LogP contribution in [0.1, 0.15) is 39.5 Å². The average molecular weight is 333 g/mol. The smallest absolute Gasteiger partial charge is 0.236 e. The van der Waals surface area contributed by atoms with E-state index in [1.165, 1.54) is 30.8 Å². The first-order valence-electron chi connectivity index (χ1n) is 8.95. The van der Waals surface area contributed by atoms with Gasteiger partial charge in [0.15, 0.2) is 0 Å². The Bertz CT molecular complexity index is 515. The van der Waals surface area contributed by atoms with Gasteiger partial charge in [-0.15, -0.1) is 11.8 Å². The molecular weight excluding hydrogens is 304 g/mol. The van der Waals surface area contributed by atoms with Gasteiger partial charge in [0.2, 0.25) is 5.91 Å². The van der Waals surface area contributed by atoms with E-state index in [2.05, 4.69) is 35.8 Å². The van der Waals surface area contributed by atoms with Crippen LogP contribution in [-0.4, -0.2) is 52.7 Å². The maximum absolute atomic E-state index is 13.0. The Morgan fingerprint density at radius 2 is 1.96 bits per heavy atom. The summed E-state index contributed by atoms with van der Waals surface area (Å²) in [5, 5.41) is 0.0391. The number of likely N-dealkylation sites (tertiary alicyclic amines) is 2. The van der Waals surface area contributed by atoms with Gasteiger partial charge < -0.3 is 4.90 Å². The molecule has 23 heavy (non-hydrogen) atoms. The molecule has 2 fully saturated rings. The minimum Gasteiger partial charge on any atom is -0.337 e. The van der Waals surface area contributed by atoms with Crippen LogP contribution in [-0.2, 0) is 4.79 Å². The number of thioether (sulfide) groups is 1. The highest BCUT2D eigenvalue weighted by atomic mass is 32.2. The van der Waals surface area contributed by atoms with E-state index in [9.17, 15) is 4.79 Å². The van der Waals surface area contributed by atoms with Crippen LogP contribution >= 0.6 is 11.8 Å². The van der Waals surface area contributed by atoms with Gasteiger partial charge in [-0.3, -0.25) is 9.69 Å². The van der Waals surface area contributed by atoms with Gasteiger partial charge in [0.1, 0.15) is 0 Å². The van der Waals surface area contributed by atoms with Crippen molar-refractivity contribution in [2.24, 2.45) is 0 Å². The van der Waals surface area contributed by atoms with Crippen molar-refractivity contribution in [1.29, 1.82) is 0 Å². The SMILES string of the molecule is CCC(Sc1ccccc1)C(=O)N1CC(N2CCCC2)CC1C. The number of benzene rings is 1. The van der Waals surface area contributed by atoms with Crippen LogP contribution in [0.5, 0.6) is 0 Å². The van der Waals surface area contributed by atoms with Crippen LogP contribution in [0.4, 0.5) is 0 Å². The number of nitrogens with zero attached hydrogens (tertiary/aromatic N) is 2. The summed E-state index contributed by atoms with van der Waals surface area (Å²) in [7, 11) is 0. The third-order valence-corrected chi connectivity index (χ3v) is 6.52. The molecule has 0 saturated carbocycles. The van der Waals surface area contributed by atoms with E-state index in [1.54, 1.807) is 11.8 Å². The van der Waals surface area contributed by atoms with Crippen molar-refractivity contribution in [2.75, 3.05) is 19.6 Å². The van der Waals surface area contributed by atoms with Crippen molar-refractivity contribution in [3.63, 3.8) is 0 Å². The zero-order valence-corrected chi connectivity index (χ0v) is 15.1. The number of carbonyl (C=O) groups excluding carboxylic acids is 1. The zero-order valence-electron chi connectivity index (χ0n) is 14.3. The summed E-state index contributed by atoms with van der Waals surface area (Å²) in [6.07, 6.45) is 4.66. The third kappa shape index (κ3) is 3.92. The molecule has 2 saturated heterocycles. The van der Waals surface area contributed by atoms with Crippen molar-refractivity contribution in [2.45, 2.75) is 61.8 Å². The number of hydrogen-bond acceptors (Lipinski definition) is 3. The zero-order chi connectivity index (χ0) is 16.2. The van der Waals surface area contributed by atoms with E-state index < -0.39 is 0 Å². The molecule has 0 aromatic heterocycles. The fraction of sp³-hybridized carbons (Fsp3) is 0.632. The Balaban J connectivity index is 1.63. The minimum absolute atomic E-state index is 0.0391. The van der Waals surface area contributed by atoms with Gasteiger partial charge in [0, 0.05) is 23.5 Å². The molecule has 0 spiro atoms. The summed E-state index contributed by atoms with van der Waals surface area (Å²) in [4.78, 5) is 19.0. The molecule has 2 heterocycles. The molecule has 4 heteroatoms. The first kappa shape index (κ1) is 16.8. The van der Waals surface area contributed by atoms with Crippen LogP contribution in [0.25, 0.3) is 0 Å². The highest BCUT2D eigenvalue weighted by Gasteiger charge is 2.38. The van der Waals surface area contributed by atoms with E-state index in [0.29, 0.717) is 18.0 Å². The van der Waals surface area contributed by atoms with Crippen LogP contribution in [0.3, 0.4) is 0 Å². The van der Waals surface area contributed by atoms with E-state index in [4.69, 9.17) is 0 Å². The molecule has 2 aliphatic heterocycles. The standard InChI is InChI=1S/C19H28N2OS/c1-3-18(23-17-9-5-4-6-10-17)19(22)21-14-16(13-15(21)2)20-11-7-8-12-20/h4-6,9-10,15-16,18H,3,7-8,11-14H2,1-2H3. The van der Waals surface area contributed by atoms with Crippen molar-refractivity contribution in [3.8, 4) is 0 Å². The molecule has 3 nitrogen and oxygen atoms in total. The summed E-state index contributed by atoms with van der Waals surface area (Å²) in [5.41, 5.74) is 0. The lowest BCUT2D eigenvalue weighted by atomic mass is 10.2. The molecule has 0 radical (unpaired) electrons. The summed E-state index contributed by atoms with van der Waals surface area (Å²) in [6.45, 7) is 7.70. The molecule has 1 aromatic carbocycles. The number of hydrogen-bond donors (Lipinski definition) is 0. The van der Waals surface area contributed by atoms with Crippen molar-refractivity contribution >= 4 is 17.7 Å². The Morgan fingerprint density at radius 3 is 2.61 bits per heavy atom. The molecule has 3 rings (SSSR count). The molecule has 1 amide bonds. The highest BCUT2D eigenvalue weighted by molar-refractivity contribution is 8.00. The lowest BCUT2D eigenvalue weighted by Crippen LogP contribution is -2.41. The minimum atomic E-state index is 0.0391. The molecule has 1 aromatic rings. The average Bonchev–Trinajstić information content (AvgIpc) is 3.22. The summed E-state index contributed by atoms with van der Waals surface area (Å²) in [5.74, 6) is 0.329. The van der Waals surface area contributed by atoms with Gasteiger partial charge in [0.05, 0.1) is 5.25 Å². The predicted molar refractivity (Wildman–Crippen MR) is 96.8 cm³/mol. The molecule has 0 bridgehead atoms. The normalized spacial score (nSPS) is 26.6. The van der Waals surface area contributed by atoms with E-state index >= 15 is 0 Å². The van der Waals surface area contributed by atoms with E-state index in [0.717, 1.165) is 19.4 Å². The Hall–Kier alpha value is -1.00. The second-order valence-electron chi connectivity index (χ2n) is 6.80. The third-order valence-electron chi connectivity index (χ3n) is 5.16. The molecule has 3 unspecified atom stereocenters. The second-order valence-corrected chi connectivity index (χ2v) is 8.08. The quantitative estimate of drug-likeness (QED) is 0.769. The Labute approximate surface area is 144 Å². The van der Waals surface area contributed by atoms with Crippen molar-refractivity contribution in [1.82, 2.24) is 9.80 Å². The Morgan fingerprint density at radius 1 is 1.26 bits per heavy atom. The molecular formula is C19H28N2OS. The lowest BCUT2D eigenvalue weighted by Gasteiger charge is -2.27. The van der Waals surface area contributed by atoms with Gasteiger partial charge in [-0.25, -0.2) is 0 Å². The summed E-state index contributed by atoms with van der Waals surface area (Å²) in [6, 6.07) is 11.3. The van der Waals surface area contributed by atoms with Crippen LogP contribution < -0.4 is 0 Å². The van der Waals surface area contributed by atoms with Gasteiger partial charge in [-0.1, -0.05) is 25.1 Å². The molecule has 0 aliphatic carbocycles. The van der Waals surface area contributed by atoms with Gasteiger partial charge in [-0.2, -0.15) is 0 Å². The highest BCUT2D eigenvalue weighted by Crippen LogP contribution is 2.31. The largest absolute Gasteiger partial charge is 0.337 e. The number of amides is 1. The fourth-order valence-electron chi connectivity index (χ4n) is 3.84. The first-order valence-corrected chi connectivity index (χ1v) is 9.83. The maximum atomic E-state index is 13.0. The summed E-state index contributed by atoms with van der Waals surface area (Å²) < 4.78 is 0. The molecule has 3 atom stereocenters. The van der Waals surface area contributed by atoms with Crippen LogP contribution in [0.15, 0.2) is 35.2 Å². The molecule has 126 valence electrons. The van der Waals surface area contributed by atoms with E-state index in [1.807, 2.05) is 18.2 Å². The lowest BCUT2D eigenvalue weighted by molar-refractivity contribution is -0.131. The van der Waals surface area contributed by atoms with Gasteiger partial charge in [0.25, 0.3) is 0 Å².